The molecule has 3 aromatic rings. The van der Waals surface area contributed by atoms with Crippen molar-refractivity contribution in [3.63, 3.8) is 0 Å². The van der Waals surface area contributed by atoms with E-state index in [2.05, 4.69) is 10.6 Å². The summed E-state index contributed by atoms with van der Waals surface area (Å²) in [7, 11) is 1.56. The summed E-state index contributed by atoms with van der Waals surface area (Å²) in [6.07, 6.45) is 3.01. The molecule has 1 atom stereocenters. The predicted octanol–water partition coefficient (Wildman–Crippen LogP) is 3.70. The van der Waals surface area contributed by atoms with E-state index in [1.165, 1.54) is 6.08 Å². The Balaban J connectivity index is 1.33. The molecule has 36 heavy (non-hydrogen) atoms. The molecule has 0 spiro atoms. The summed E-state index contributed by atoms with van der Waals surface area (Å²) in [5, 5.41) is 5.64. The molecule has 9 heteroatoms. The first-order valence-electron chi connectivity index (χ1n) is 11.3. The van der Waals surface area contributed by atoms with Gasteiger partial charge in [0.1, 0.15) is 25.0 Å². The van der Waals surface area contributed by atoms with Gasteiger partial charge in [0.25, 0.3) is 5.91 Å². The van der Waals surface area contributed by atoms with Crippen LogP contribution in [-0.4, -0.2) is 38.9 Å². The molecule has 0 saturated carbocycles. The molecule has 0 unspecified atom stereocenters. The van der Waals surface area contributed by atoms with Crippen molar-refractivity contribution < 1.29 is 33.3 Å². The minimum absolute atomic E-state index is 0.172. The van der Waals surface area contributed by atoms with Crippen molar-refractivity contribution in [3.05, 3.63) is 77.9 Å². The number of ether oxygens (including phenoxy) is 5. The minimum atomic E-state index is -0.960. The molecule has 2 aliphatic rings. The molecule has 0 aromatic heterocycles. The lowest BCUT2D eigenvalue weighted by atomic mass is 10.1. The topological polar surface area (TPSA) is 104 Å². The molecule has 0 saturated heterocycles. The van der Waals surface area contributed by atoms with Crippen LogP contribution >= 0.6 is 0 Å². The van der Waals surface area contributed by atoms with E-state index in [9.17, 15) is 9.59 Å². The summed E-state index contributed by atoms with van der Waals surface area (Å²) in [5.41, 5.74) is 1.87. The van der Waals surface area contributed by atoms with Gasteiger partial charge in [-0.25, -0.2) is 0 Å². The fraction of sp³-hybridized carbons (Fsp3) is 0.185. The zero-order valence-electron chi connectivity index (χ0n) is 19.5. The second-order valence-corrected chi connectivity index (χ2v) is 8.01. The number of rotatable bonds is 7. The van der Waals surface area contributed by atoms with Gasteiger partial charge in [0.05, 0.1) is 7.11 Å². The molecule has 2 heterocycles. The van der Waals surface area contributed by atoms with Crippen LogP contribution in [0.25, 0.3) is 6.08 Å². The first-order valence-corrected chi connectivity index (χ1v) is 11.3. The lowest BCUT2D eigenvalue weighted by molar-refractivity contribution is -0.123. The molecular formula is C27H24N2O7. The van der Waals surface area contributed by atoms with Crippen LogP contribution in [0.15, 0.2) is 66.7 Å². The Labute approximate surface area is 207 Å². The van der Waals surface area contributed by atoms with E-state index in [0.717, 1.165) is 5.56 Å². The normalized spacial score (nSPS) is 14.2. The van der Waals surface area contributed by atoms with E-state index >= 15 is 0 Å². The number of methoxy groups -OCH3 is 1. The van der Waals surface area contributed by atoms with Crippen molar-refractivity contribution >= 4 is 23.6 Å². The Morgan fingerprint density at radius 2 is 1.56 bits per heavy atom. The minimum Gasteiger partial charge on any atom is -0.497 e. The number of amides is 2. The van der Waals surface area contributed by atoms with E-state index in [4.69, 9.17) is 23.7 Å². The number of anilines is 1. The third-order valence-electron chi connectivity index (χ3n) is 5.63. The largest absolute Gasteiger partial charge is 0.497 e. The van der Waals surface area contributed by atoms with E-state index in [0.29, 0.717) is 53.2 Å². The number of hydrogen-bond acceptors (Lipinski definition) is 7. The maximum absolute atomic E-state index is 13.3. The van der Waals surface area contributed by atoms with Gasteiger partial charge >= 0.3 is 0 Å². The average molecular weight is 488 g/mol. The van der Waals surface area contributed by atoms with Crippen LogP contribution in [0, 0.1) is 0 Å². The van der Waals surface area contributed by atoms with Gasteiger partial charge in [-0.15, -0.1) is 0 Å². The summed E-state index contributed by atoms with van der Waals surface area (Å²) in [4.78, 5) is 26.1. The molecule has 9 nitrogen and oxygen atoms in total. The van der Waals surface area contributed by atoms with Crippen LogP contribution in [0.3, 0.4) is 0 Å². The molecule has 0 aliphatic carbocycles. The molecule has 0 fully saturated rings. The molecule has 2 aliphatic heterocycles. The molecular weight excluding hydrogens is 464 g/mol. The van der Waals surface area contributed by atoms with Crippen LogP contribution in [0.5, 0.6) is 28.7 Å². The number of carbonyl (C=O) groups is 2. The van der Waals surface area contributed by atoms with Crippen LogP contribution in [-0.2, 0) is 9.59 Å². The summed E-state index contributed by atoms with van der Waals surface area (Å²) >= 11 is 0. The number of fused-ring (bicyclic) bond motifs is 2. The summed E-state index contributed by atoms with van der Waals surface area (Å²) in [6, 6.07) is 16.5. The molecule has 5 rings (SSSR count). The maximum Gasteiger partial charge on any atom is 0.251 e. The fourth-order valence-electron chi connectivity index (χ4n) is 3.81. The fourth-order valence-corrected chi connectivity index (χ4v) is 3.81. The van der Waals surface area contributed by atoms with Gasteiger partial charge in [-0.05, 0) is 53.6 Å². The van der Waals surface area contributed by atoms with E-state index in [1.807, 2.05) is 6.07 Å². The second kappa shape index (κ2) is 10.3. The van der Waals surface area contributed by atoms with Gasteiger partial charge in [0, 0.05) is 17.8 Å². The Bertz CT molecular complexity index is 1300. The molecule has 184 valence electrons. The molecule has 3 aromatic carbocycles. The lowest BCUT2D eigenvalue weighted by Gasteiger charge is -2.21. The Morgan fingerprint density at radius 1 is 0.861 bits per heavy atom. The highest BCUT2D eigenvalue weighted by Crippen LogP contribution is 2.34. The summed E-state index contributed by atoms with van der Waals surface area (Å²) < 4.78 is 27.0. The molecule has 0 radical (unpaired) electrons. The van der Waals surface area contributed by atoms with Gasteiger partial charge in [0.15, 0.2) is 23.0 Å². The highest BCUT2D eigenvalue weighted by molar-refractivity contribution is 6.00. The first kappa shape index (κ1) is 23.1. The van der Waals surface area contributed by atoms with Crippen LogP contribution in [0.1, 0.15) is 17.2 Å². The van der Waals surface area contributed by atoms with Gasteiger partial charge in [-0.2, -0.15) is 0 Å². The number of carbonyl (C=O) groups excluding carboxylic acids is 2. The maximum atomic E-state index is 13.3. The zero-order chi connectivity index (χ0) is 24.9. The van der Waals surface area contributed by atoms with Gasteiger partial charge in [-0.3, -0.25) is 9.59 Å². The van der Waals surface area contributed by atoms with Crippen molar-refractivity contribution in [1.82, 2.24) is 5.32 Å². The smallest absolute Gasteiger partial charge is 0.251 e. The Hall–Kier alpha value is -4.66. The molecule has 0 bridgehead atoms. The predicted molar refractivity (Wildman–Crippen MR) is 132 cm³/mol. The molecule has 2 N–H and O–H groups in total. The quantitative estimate of drug-likeness (QED) is 0.489. The zero-order valence-corrected chi connectivity index (χ0v) is 19.5. The average Bonchev–Trinajstić information content (AvgIpc) is 3.38. The van der Waals surface area contributed by atoms with E-state index < -0.39 is 17.9 Å². The highest BCUT2D eigenvalue weighted by Gasteiger charge is 2.23. The first-order chi connectivity index (χ1) is 17.6. The summed E-state index contributed by atoms with van der Waals surface area (Å²) in [5.74, 6) is 2.23. The van der Waals surface area contributed by atoms with Crippen LogP contribution in [0.4, 0.5) is 5.69 Å². The Morgan fingerprint density at radius 3 is 2.36 bits per heavy atom. The van der Waals surface area contributed by atoms with Crippen molar-refractivity contribution in [2.75, 3.05) is 32.4 Å². The van der Waals surface area contributed by atoms with Crippen molar-refractivity contribution in [2.45, 2.75) is 6.04 Å². The van der Waals surface area contributed by atoms with Crippen molar-refractivity contribution in [2.24, 2.45) is 0 Å². The van der Waals surface area contributed by atoms with Gasteiger partial charge in [0.2, 0.25) is 12.7 Å². The van der Waals surface area contributed by atoms with Crippen molar-refractivity contribution in [3.8, 4) is 28.7 Å². The van der Waals surface area contributed by atoms with E-state index in [1.54, 1.807) is 67.8 Å². The number of hydrogen-bond donors (Lipinski definition) is 2. The Kier molecular flexibility index (Phi) is 6.61. The standard InChI is InChI=1S/C27H24N2O7/c1-32-20-7-4-18(5-8-20)26(27(31)28-19-6-10-21-24(15-19)34-13-12-33-21)29-25(30)11-3-17-2-9-22-23(14-17)36-16-35-22/h2-11,14-15,26H,12-13,16H2,1H3,(H,28,31)(H,29,30)/b11-3-/t26-/m0/s1. The third kappa shape index (κ3) is 5.20. The third-order valence-corrected chi connectivity index (χ3v) is 5.63. The van der Waals surface area contributed by atoms with E-state index in [-0.39, 0.29) is 6.79 Å². The second-order valence-electron chi connectivity index (χ2n) is 8.01. The van der Waals surface area contributed by atoms with Crippen molar-refractivity contribution in [1.29, 1.82) is 0 Å². The van der Waals surface area contributed by atoms with Gasteiger partial charge in [-0.1, -0.05) is 18.2 Å². The monoisotopic (exact) mass is 488 g/mol. The molecule has 2 amide bonds. The van der Waals surface area contributed by atoms with Crippen LogP contribution in [0.2, 0.25) is 0 Å². The van der Waals surface area contributed by atoms with Crippen LogP contribution < -0.4 is 34.3 Å². The SMILES string of the molecule is COc1ccc([C@H](NC(=O)/C=C\c2ccc3c(c2)OCO3)C(=O)Nc2ccc3c(c2)OCCO3)cc1. The highest BCUT2D eigenvalue weighted by atomic mass is 16.7. The van der Waals surface area contributed by atoms with Gasteiger partial charge < -0.3 is 34.3 Å². The number of nitrogens with one attached hydrogen (secondary N) is 2. The number of benzene rings is 3. The lowest BCUT2D eigenvalue weighted by Crippen LogP contribution is -2.36. The summed E-state index contributed by atoms with van der Waals surface area (Å²) in [6.45, 7) is 1.08.